The molecule has 186 valence electrons. The number of hydrogen-bond donors (Lipinski definition) is 3. The van der Waals surface area contributed by atoms with E-state index in [4.69, 9.17) is 9.47 Å². The molecule has 8 nitrogen and oxygen atoms in total. The summed E-state index contributed by atoms with van der Waals surface area (Å²) in [5.41, 5.74) is 3.15. The van der Waals surface area contributed by atoms with Gasteiger partial charge in [0.2, 0.25) is 5.91 Å². The molecule has 8 heteroatoms. The highest BCUT2D eigenvalue weighted by Crippen LogP contribution is 2.44. The van der Waals surface area contributed by atoms with Crippen LogP contribution in [0.2, 0.25) is 0 Å². The van der Waals surface area contributed by atoms with Crippen LogP contribution in [-0.4, -0.2) is 54.5 Å². The van der Waals surface area contributed by atoms with Gasteiger partial charge in [0.25, 0.3) is 0 Å². The van der Waals surface area contributed by atoms with Crippen molar-refractivity contribution in [3.63, 3.8) is 0 Å². The molecule has 35 heavy (non-hydrogen) atoms. The second kappa shape index (κ2) is 10.9. The van der Waals surface area contributed by atoms with Crippen LogP contribution in [0.5, 0.6) is 0 Å². The highest BCUT2D eigenvalue weighted by Gasteiger charge is 2.44. The number of fused-ring (bicyclic) bond motifs is 3. The fraction of sp³-hybridized carbons (Fsp3) is 0.444. The number of nitrogens with one attached hydrogen (secondary N) is 2. The van der Waals surface area contributed by atoms with Gasteiger partial charge in [-0.25, -0.2) is 9.59 Å². The Labute approximate surface area is 205 Å². The van der Waals surface area contributed by atoms with E-state index < -0.39 is 29.6 Å². The number of unbranched alkanes of at least 4 members (excludes halogenated alkanes) is 1. The van der Waals surface area contributed by atoms with Gasteiger partial charge in [-0.05, 0) is 28.7 Å². The van der Waals surface area contributed by atoms with Gasteiger partial charge < -0.3 is 25.2 Å². The average molecular weight is 481 g/mol. The number of alkyl carbamates (subject to hydrolysis) is 1. The van der Waals surface area contributed by atoms with E-state index >= 15 is 0 Å². The predicted molar refractivity (Wildman–Crippen MR) is 130 cm³/mol. The molecule has 2 aromatic carbocycles. The molecule has 0 aromatic heterocycles. The summed E-state index contributed by atoms with van der Waals surface area (Å²) in [7, 11) is 0. The van der Waals surface area contributed by atoms with E-state index in [1.807, 2.05) is 31.2 Å². The molecule has 2 atom stereocenters. The van der Waals surface area contributed by atoms with Crippen LogP contribution in [0.4, 0.5) is 4.79 Å². The third kappa shape index (κ3) is 5.48. The number of carbonyl (C=O) groups is 3. The molecule has 0 spiro atoms. The topological polar surface area (TPSA) is 114 Å². The van der Waals surface area contributed by atoms with Crippen molar-refractivity contribution in [1.82, 2.24) is 10.6 Å². The van der Waals surface area contributed by atoms with Crippen molar-refractivity contribution < 1.29 is 29.0 Å². The predicted octanol–water partition coefficient (Wildman–Crippen LogP) is 3.83. The fourth-order valence-corrected chi connectivity index (χ4v) is 4.91. The highest BCUT2D eigenvalue weighted by molar-refractivity contribution is 5.88. The summed E-state index contributed by atoms with van der Waals surface area (Å²) in [6.45, 7) is 2.43. The maximum absolute atomic E-state index is 12.7. The third-order valence-electron chi connectivity index (χ3n) is 6.81. The SMILES string of the molecule is CCCC[C@@H](CC(=O)NC1(C(=O)O)CCOC1)NC(=O)OCC1c2ccccc2-c2ccccc21. The van der Waals surface area contributed by atoms with Crippen LogP contribution < -0.4 is 10.6 Å². The number of benzene rings is 2. The van der Waals surface area contributed by atoms with Crippen molar-refractivity contribution in [3.8, 4) is 11.1 Å². The van der Waals surface area contributed by atoms with Gasteiger partial charge in [0, 0.05) is 31.4 Å². The quantitative estimate of drug-likeness (QED) is 0.476. The lowest BCUT2D eigenvalue weighted by atomic mass is 9.98. The zero-order chi connectivity index (χ0) is 24.8. The van der Waals surface area contributed by atoms with E-state index in [0.717, 1.165) is 35.1 Å². The lowest BCUT2D eigenvalue weighted by Gasteiger charge is -2.25. The molecule has 1 unspecified atom stereocenters. The van der Waals surface area contributed by atoms with Crippen LogP contribution in [0, 0.1) is 0 Å². The summed E-state index contributed by atoms with van der Waals surface area (Å²) >= 11 is 0. The first-order chi connectivity index (χ1) is 16.9. The molecule has 4 rings (SSSR count). The number of hydrogen-bond acceptors (Lipinski definition) is 5. The number of aliphatic carboxylic acids is 1. The molecule has 2 aromatic rings. The van der Waals surface area contributed by atoms with Gasteiger partial charge in [0.05, 0.1) is 6.61 Å². The van der Waals surface area contributed by atoms with Crippen LogP contribution in [0.25, 0.3) is 11.1 Å². The van der Waals surface area contributed by atoms with E-state index in [0.29, 0.717) is 6.42 Å². The molecule has 1 saturated heterocycles. The molecule has 1 aliphatic carbocycles. The van der Waals surface area contributed by atoms with Crippen LogP contribution in [0.1, 0.15) is 56.1 Å². The largest absolute Gasteiger partial charge is 0.479 e. The number of carboxylic acids is 1. The lowest BCUT2D eigenvalue weighted by Crippen LogP contribution is -2.56. The summed E-state index contributed by atoms with van der Waals surface area (Å²) in [5.74, 6) is -1.60. The summed E-state index contributed by atoms with van der Waals surface area (Å²) < 4.78 is 10.8. The van der Waals surface area contributed by atoms with E-state index in [1.165, 1.54) is 0 Å². The zero-order valence-corrected chi connectivity index (χ0v) is 19.9. The minimum atomic E-state index is -1.41. The van der Waals surface area contributed by atoms with E-state index in [9.17, 15) is 19.5 Å². The van der Waals surface area contributed by atoms with Gasteiger partial charge in [-0.1, -0.05) is 68.3 Å². The number of carbonyl (C=O) groups excluding carboxylic acids is 2. The van der Waals surface area contributed by atoms with Crippen molar-refractivity contribution in [3.05, 3.63) is 59.7 Å². The molecule has 1 aliphatic heterocycles. The van der Waals surface area contributed by atoms with E-state index in [-0.39, 0.29) is 38.6 Å². The van der Waals surface area contributed by atoms with Gasteiger partial charge in [-0.3, -0.25) is 4.79 Å². The van der Waals surface area contributed by atoms with Crippen molar-refractivity contribution in [2.24, 2.45) is 0 Å². The minimum Gasteiger partial charge on any atom is -0.479 e. The number of ether oxygens (including phenoxy) is 2. The van der Waals surface area contributed by atoms with Crippen LogP contribution >= 0.6 is 0 Å². The van der Waals surface area contributed by atoms with E-state index in [2.05, 4.69) is 34.9 Å². The van der Waals surface area contributed by atoms with Crippen molar-refractivity contribution in [1.29, 1.82) is 0 Å². The monoisotopic (exact) mass is 480 g/mol. The standard InChI is InChI=1S/C27H32N2O6/c1-2-3-8-18(15-24(30)29-27(25(31)32)13-14-34-17-27)28-26(33)35-16-23-21-11-6-4-9-19(21)20-10-5-7-12-22(20)23/h4-7,9-12,18,23H,2-3,8,13-17H2,1H3,(H,28,33)(H,29,30)(H,31,32)/t18-,27?/m0/s1. The van der Waals surface area contributed by atoms with Gasteiger partial charge in [-0.15, -0.1) is 0 Å². The summed E-state index contributed by atoms with van der Waals surface area (Å²) in [6, 6.07) is 15.8. The Morgan fingerprint density at radius 1 is 1.11 bits per heavy atom. The van der Waals surface area contributed by atoms with Crippen molar-refractivity contribution >= 4 is 18.0 Å². The number of carboxylic acid groups (broad SMARTS) is 1. The van der Waals surface area contributed by atoms with Gasteiger partial charge in [-0.2, -0.15) is 0 Å². The molecule has 0 bridgehead atoms. The maximum atomic E-state index is 12.7. The van der Waals surface area contributed by atoms with Crippen LogP contribution in [-0.2, 0) is 19.1 Å². The second-order valence-corrected chi connectivity index (χ2v) is 9.25. The first-order valence-corrected chi connectivity index (χ1v) is 12.2. The Bertz CT molecular complexity index is 1030. The van der Waals surface area contributed by atoms with E-state index in [1.54, 1.807) is 0 Å². The summed E-state index contributed by atoms with van der Waals surface area (Å²) in [5, 5.41) is 15.0. The minimum absolute atomic E-state index is 0.0285. The lowest BCUT2D eigenvalue weighted by molar-refractivity contribution is -0.147. The molecule has 1 heterocycles. The van der Waals surface area contributed by atoms with Gasteiger partial charge in [0.1, 0.15) is 6.61 Å². The second-order valence-electron chi connectivity index (χ2n) is 9.25. The Morgan fingerprint density at radius 2 is 1.77 bits per heavy atom. The third-order valence-corrected chi connectivity index (χ3v) is 6.81. The Hall–Kier alpha value is -3.39. The maximum Gasteiger partial charge on any atom is 0.407 e. The highest BCUT2D eigenvalue weighted by atomic mass is 16.5. The Kier molecular flexibility index (Phi) is 7.70. The van der Waals surface area contributed by atoms with Crippen LogP contribution in [0.3, 0.4) is 0 Å². The molecule has 0 saturated carbocycles. The zero-order valence-electron chi connectivity index (χ0n) is 19.9. The first kappa shape index (κ1) is 24.7. The molecule has 2 amide bonds. The number of amides is 2. The summed E-state index contributed by atoms with van der Waals surface area (Å²) in [6.07, 6.45) is 1.90. The molecule has 3 N–H and O–H groups in total. The smallest absolute Gasteiger partial charge is 0.407 e. The molecular weight excluding hydrogens is 448 g/mol. The van der Waals surface area contributed by atoms with Crippen molar-refractivity contribution in [2.45, 2.75) is 56.5 Å². The number of rotatable bonds is 10. The fourth-order valence-electron chi connectivity index (χ4n) is 4.91. The molecule has 0 radical (unpaired) electrons. The summed E-state index contributed by atoms with van der Waals surface area (Å²) in [4.78, 5) is 37.1. The van der Waals surface area contributed by atoms with Crippen LogP contribution in [0.15, 0.2) is 48.5 Å². The average Bonchev–Trinajstić information content (AvgIpc) is 3.45. The molecule has 2 aliphatic rings. The Balaban J connectivity index is 1.37. The van der Waals surface area contributed by atoms with Crippen molar-refractivity contribution in [2.75, 3.05) is 19.8 Å². The molecular formula is C27H32N2O6. The first-order valence-electron chi connectivity index (χ1n) is 12.2. The van der Waals surface area contributed by atoms with Gasteiger partial charge >= 0.3 is 12.1 Å². The Morgan fingerprint density at radius 3 is 2.34 bits per heavy atom. The molecule has 1 fully saturated rings. The normalized spacial score (nSPS) is 19.5. The van der Waals surface area contributed by atoms with Gasteiger partial charge in [0.15, 0.2) is 5.54 Å².